The quantitative estimate of drug-likeness (QED) is 0.611. The molecule has 2 aliphatic heterocycles. The zero-order valence-corrected chi connectivity index (χ0v) is 16.2. The van der Waals surface area contributed by atoms with Crippen LogP contribution in [0, 0.1) is 0 Å². The first-order chi connectivity index (χ1) is 13.3. The molecule has 2 aromatic carbocycles. The molecule has 1 aromatic heterocycles. The highest BCUT2D eigenvalue weighted by molar-refractivity contribution is 9.10. The lowest BCUT2D eigenvalue weighted by atomic mass is 10.1. The van der Waals surface area contributed by atoms with Crippen LogP contribution in [-0.2, 0) is 4.74 Å². The van der Waals surface area contributed by atoms with E-state index in [-0.39, 0.29) is 6.23 Å². The minimum absolute atomic E-state index is 0.329. The number of ether oxygens (including phenoxy) is 1. The van der Waals surface area contributed by atoms with Crippen molar-refractivity contribution >= 4 is 45.0 Å². The van der Waals surface area contributed by atoms with Gasteiger partial charge in [-0.2, -0.15) is 0 Å². The summed E-state index contributed by atoms with van der Waals surface area (Å²) in [6.07, 6.45) is -0.329. The molecule has 27 heavy (non-hydrogen) atoms. The molecule has 1 unspecified atom stereocenters. The number of aromatic nitrogens is 2. The van der Waals surface area contributed by atoms with Crippen molar-refractivity contribution in [1.29, 1.82) is 0 Å². The number of benzene rings is 2. The second-order valence-electron chi connectivity index (χ2n) is 5.84. The maximum absolute atomic E-state index is 5.93. The Morgan fingerprint density at radius 3 is 2.85 bits per heavy atom. The summed E-state index contributed by atoms with van der Waals surface area (Å²) in [4.78, 5) is 0. The predicted molar refractivity (Wildman–Crippen MR) is 107 cm³/mol. The first-order valence-electron chi connectivity index (χ1n) is 8.15. The maximum Gasteiger partial charge on any atom is 0.277 e. The highest BCUT2D eigenvalue weighted by Gasteiger charge is 2.33. The number of halogens is 1. The summed E-state index contributed by atoms with van der Waals surface area (Å²) in [6.45, 7) is 0. The largest absolute Gasteiger partial charge is 0.449 e. The molecule has 0 saturated carbocycles. The molecule has 0 fully saturated rings. The molecule has 5 rings (SSSR count). The first kappa shape index (κ1) is 16.5. The second-order valence-corrected chi connectivity index (χ2v) is 7.68. The van der Waals surface area contributed by atoms with Crippen LogP contribution >= 0.6 is 27.7 Å². The van der Waals surface area contributed by atoms with Crippen molar-refractivity contribution in [3.8, 4) is 11.5 Å². The van der Waals surface area contributed by atoms with Crippen molar-refractivity contribution in [2.24, 2.45) is 10.2 Å². The van der Waals surface area contributed by atoms with E-state index >= 15 is 0 Å². The predicted octanol–water partition coefficient (Wildman–Crippen LogP) is 4.18. The highest BCUT2D eigenvalue weighted by atomic mass is 79.9. The molecule has 0 saturated heterocycles. The summed E-state index contributed by atoms with van der Waals surface area (Å²) >= 11 is 4.84. The van der Waals surface area contributed by atoms with Crippen LogP contribution in [0.3, 0.4) is 0 Å². The number of hydrogen-bond donors (Lipinski definition) is 1. The molecule has 0 aliphatic carbocycles. The molecule has 1 N–H and O–H groups in total. The molecular weight excluding hydrogens is 430 g/mol. The summed E-state index contributed by atoms with van der Waals surface area (Å²) in [6, 6.07) is 15.6. The molecule has 0 radical (unpaired) electrons. The lowest BCUT2D eigenvalue weighted by molar-refractivity contribution is 0.276. The van der Waals surface area contributed by atoms with E-state index in [1.807, 2.05) is 48.5 Å². The van der Waals surface area contributed by atoms with Gasteiger partial charge < -0.3 is 14.5 Å². The van der Waals surface area contributed by atoms with Crippen LogP contribution in [0.5, 0.6) is 0 Å². The van der Waals surface area contributed by atoms with Crippen LogP contribution in [0.4, 0.5) is 5.69 Å². The van der Waals surface area contributed by atoms with Gasteiger partial charge in [0.05, 0.1) is 5.75 Å². The van der Waals surface area contributed by atoms with Crippen LogP contribution in [0.15, 0.2) is 72.8 Å². The van der Waals surface area contributed by atoms with Gasteiger partial charge >= 0.3 is 0 Å². The second kappa shape index (κ2) is 6.82. The van der Waals surface area contributed by atoms with Gasteiger partial charge in [-0.05, 0) is 30.3 Å². The molecule has 9 heteroatoms. The Labute approximate surface area is 167 Å². The lowest BCUT2D eigenvalue weighted by Gasteiger charge is -2.18. The van der Waals surface area contributed by atoms with Gasteiger partial charge in [-0.15, -0.1) is 20.4 Å². The van der Waals surface area contributed by atoms with Crippen molar-refractivity contribution in [3.05, 3.63) is 58.6 Å². The van der Waals surface area contributed by atoms with E-state index in [1.54, 1.807) is 0 Å². The van der Waals surface area contributed by atoms with Crippen LogP contribution < -0.4 is 5.32 Å². The average Bonchev–Trinajstić information content (AvgIpc) is 3.31. The minimum Gasteiger partial charge on any atom is -0.449 e. The fourth-order valence-corrected chi connectivity index (χ4v) is 3.79. The Morgan fingerprint density at radius 2 is 1.96 bits per heavy atom. The Kier molecular flexibility index (Phi) is 4.17. The van der Waals surface area contributed by atoms with Gasteiger partial charge in [-0.25, -0.2) is 0 Å². The third kappa shape index (κ3) is 3.24. The lowest BCUT2D eigenvalue weighted by Crippen LogP contribution is -2.32. The van der Waals surface area contributed by atoms with Crippen LogP contribution in [0.25, 0.3) is 11.5 Å². The fourth-order valence-electron chi connectivity index (χ4n) is 2.82. The Balaban J connectivity index is 1.28. The van der Waals surface area contributed by atoms with E-state index in [2.05, 4.69) is 41.6 Å². The zero-order chi connectivity index (χ0) is 18.2. The van der Waals surface area contributed by atoms with E-state index < -0.39 is 0 Å². The standard InChI is InChI=1S/C18H12BrN5O2S/c19-11-6-7-13-12(8-11)15-17(20-13)25-14(21-22-15)9-27-18-24-23-16(26-18)10-4-2-1-3-5-10/h1-8,17,20H,9H2. The van der Waals surface area contributed by atoms with E-state index in [9.17, 15) is 0 Å². The molecule has 3 heterocycles. The topological polar surface area (TPSA) is 84.9 Å². The Hall–Kier alpha value is -2.65. The van der Waals surface area contributed by atoms with Crippen molar-refractivity contribution < 1.29 is 9.15 Å². The SMILES string of the molecule is Brc1ccc2c(c1)C1=NN=C(CSc3nnc(-c4ccccc4)o3)OC1N2. The van der Waals surface area contributed by atoms with E-state index in [4.69, 9.17) is 9.15 Å². The van der Waals surface area contributed by atoms with Crippen LogP contribution in [-0.4, -0.2) is 33.8 Å². The van der Waals surface area contributed by atoms with Crippen LogP contribution in [0.1, 0.15) is 5.56 Å². The molecular formula is C18H12BrN5O2S. The van der Waals surface area contributed by atoms with Crippen molar-refractivity contribution in [2.75, 3.05) is 11.1 Å². The molecule has 2 aliphatic rings. The van der Waals surface area contributed by atoms with Gasteiger partial charge in [0.15, 0.2) is 0 Å². The average molecular weight is 442 g/mol. The number of nitrogens with one attached hydrogen (secondary N) is 1. The normalized spacial score (nSPS) is 17.3. The third-order valence-electron chi connectivity index (χ3n) is 4.06. The third-order valence-corrected chi connectivity index (χ3v) is 5.36. The summed E-state index contributed by atoms with van der Waals surface area (Å²) in [5.41, 5.74) is 3.64. The van der Waals surface area contributed by atoms with E-state index in [0.29, 0.717) is 22.8 Å². The smallest absolute Gasteiger partial charge is 0.277 e. The zero-order valence-electron chi connectivity index (χ0n) is 13.8. The van der Waals surface area contributed by atoms with Gasteiger partial charge in [-0.1, -0.05) is 45.9 Å². The van der Waals surface area contributed by atoms with E-state index in [1.165, 1.54) is 11.8 Å². The van der Waals surface area contributed by atoms with Gasteiger partial charge in [-0.3, -0.25) is 0 Å². The summed E-state index contributed by atoms with van der Waals surface area (Å²) in [7, 11) is 0. The molecule has 7 nitrogen and oxygen atoms in total. The molecule has 0 amide bonds. The molecule has 0 spiro atoms. The minimum atomic E-state index is -0.329. The van der Waals surface area contributed by atoms with Gasteiger partial charge in [0, 0.05) is 21.3 Å². The summed E-state index contributed by atoms with van der Waals surface area (Å²) in [5.74, 6) is 1.45. The highest BCUT2D eigenvalue weighted by Crippen LogP contribution is 2.32. The van der Waals surface area contributed by atoms with Crippen LogP contribution in [0.2, 0.25) is 0 Å². The van der Waals surface area contributed by atoms with E-state index in [0.717, 1.165) is 27.0 Å². The molecule has 1 atom stereocenters. The monoisotopic (exact) mass is 441 g/mol. The number of hydrogen-bond acceptors (Lipinski definition) is 8. The Morgan fingerprint density at radius 1 is 1.07 bits per heavy atom. The number of fused-ring (bicyclic) bond motifs is 3. The molecule has 0 bridgehead atoms. The molecule has 3 aromatic rings. The van der Waals surface area contributed by atoms with Gasteiger partial charge in [0.25, 0.3) is 5.22 Å². The number of thioether (sulfide) groups is 1. The first-order valence-corrected chi connectivity index (χ1v) is 9.93. The fraction of sp³-hybridized carbons (Fsp3) is 0.111. The maximum atomic E-state index is 5.93. The van der Waals surface area contributed by atoms with Crippen molar-refractivity contribution in [3.63, 3.8) is 0 Å². The summed E-state index contributed by atoms with van der Waals surface area (Å²) < 4.78 is 12.6. The summed E-state index contributed by atoms with van der Waals surface area (Å²) in [5, 5.41) is 20.4. The van der Waals surface area contributed by atoms with Gasteiger partial charge in [0.1, 0.15) is 5.71 Å². The number of nitrogens with zero attached hydrogens (tertiary/aromatic N) is 4. The molecule has 134 valence electrons. The van der Waals surface area contributed by atoms with Crippen molar-refractivity contribution in [2.45, 2.75) is 11.5 Å². The number of anilines is 1. The number of rotatable bonds is 4. The Bertz CT molecular complexity index is 1070. The van der Waals surface area contributed by atoms with Crippen molar-refractivity contribution in [1.82, 2.24) is 10.2 Å². The van der Waals surface area contributed by atoms with Gasteiger partial charge in [0.2, 0.25) is 18.0 Å².